The topological polar surface area (TPSA) is 56.4 Å². The zero-order valence-electron chi connectivity index (χ0n) is 14.0. The van der Waals surface area contributed by atoms with Crippen molar-refractivity contribution in [3.8, 4) is 0 Å². The summed E-state index contributed by atoms with van der Waals surface area (Å²) in [5.74, 6) is 0.175. The van der Waals surface area contributed by atoms with Crippen molar-refractivity contribution in [2.45, 2.75) is 19.8 Å². The molecule has 1 aromatic carbocycles. The average Bonchev–Trinajstić information content (AvgIpc) is 2.96. The molecule has 1 aromatic heterocycles. The molecule has 1 aliphatic rings. The molecule has 0 atom stereocenters. The predicted octanol–water partition coefficient (Wildman–Crippen LogP) is 2.24. The molecule has 126 valence electrons. The zero-order chi connectivity index (χ0) is 16.9. The van der Waals surface area contributed by atoms with E-state index in [1.807, 2.05) is 59.3 Å². The highest BCUT2D eigenvalue weighted by Gasteiger charge is 2.23. The molecule has 1 saturated heterocycles. The molecule has 1 N–H and O–H groups in total. The number of carbonyl (C=O) groups excluding carboxylic acids is 2. The van der Waals surface area contributed by atoms with Crippen LogP contribution >= 0.6 is 0 Å². The Morgan fingerprint density at radius 2 is 1.75 bits per heavy atom. The Morgan fingerprint density at radius 3 is 2.50 bits per heavy atom. The van der Waals surface area contributed by atoms with Crippen LogP contribution in [0.1, 0.15) is 28.0 Å². The highest BCUT2D eigenvalue weighted by Crippen LogP contribution is 2.13. The predicted molar refractivity (Wildman–Crippen MR) is 92.8 cm³/mol. The first-order chi connectivity index (χ1) is 11.6. The molecule has 24 heavy (non-hydrogen) atoms. The van der Waals surface area contributed by atoms with Gasteiger partial charge in [0.1, 0.15) is 0 Å². The van der Waals surface area contributed by atoms with Crippen LogP contribution in [0.3, 0.4) is 0 Å². The van der Waals surface area contributed by atoms with Crippen molar-refractivity contribution < 1.29 is 9.59 Å². The van der Waals surface area contributed by atoms with Crippen LogP contribution in [-0.2, 0) is 11.2 Å². The first-order valence-corrected chi connectivity index (χ1v) is 8.40. The van der Waals surface area contributed by atoms with Crippen molar-refractivity contribution in [2.75, 3.05) is 26.2 Å². The van der Waals surface area contributed by atoms with Gasteiger partial charge in [0.2, 0.25) is 5.91 Å². The number of aryl methyl sites for hydroxylation is 1. The number of H-pyrrole nitrogens is 1. The minimum Gasteiger partial charge on any atom is -0.365 e. The van der Waals surface area contributed by atoms with Gasteiger partial charge in [0.25, 0.3) is 5.91 Å². The molecular weight excluding hydrogens is 302 g/mol. The van der Waals surface area contributed by atoms with Gasteiger partial charge in [-0.15, -0.1) is 0 Å². The number of hydrogen-bond acceptors (Lipinski definition) is 2. The number of aromatic amines is 1. The van der Waals surface area contributed by atoms with Crippen LogP contribution in [0.15, 0.2) is 42.6 Å². The van der Waals surface area contributed by atoms with Gasteiger partial charge in [-0.25, -0.2) is 0 Å². The summed E-state index contributed by atoms with van der Waals surface area (Å²) in [5.41, 5.74) is 2.67. The van der Waals surface area contributed by atoms with Crippen molar-refractivity contribution >= 4 is 11.8 Å². The van der Waals surface area contributed by atoms with Gasteiger partial charge in [0.05, 0.1) is 6.42 Å². The molecule has 2 amide bonds. The van der Waals surface area contributed by atoms with E-state index >= 15 is 0 Å². The van der Waals surface area contributed by atoms with E-state index in [-0.39, 0.29) is 11.8 Å². The number of nitrogens with zero attached hydrogens (tertiary/aromatic N) is 2. The van der Waals surface area contributed by atoms with Crippen molar-refractivity contribution in [3.63, 3.8) is 0 Å². The van der Waals surface area contributed by atoms with Crippen LogP contribution in [0.25, 0.3) is 0 Å². The molecule has 0 bridgehead atoms. The number of amides is 2. The molecule has 0 saturated carbocycles. The second-order valence-corrected chi connectivity index (χ2v) is 6.21. The van der Waals surface area contributed by atoms with E-state index in [4.69, 9.17) is 0 Å². The molecule has 1 aliphatic heterocycles. The fourth-order valence-corrected chi connectivity index (χ4v) is 3.11. The molecule has 0 spiro atoms. The van der Waals surface area contributed by atoms with Crippen LogP contribution in [0.2, 0.25) is 0 Å². The van der Waals surface area contributed by atoms with Crippen LogP contribution in [-0.4, -0.2) is 52.8 Å². The highest BCUT2D eigenvalue weighted by atomic mass is 16.2. The molecule has 2 aromatic rings. The van der Waals surface area contributed by atoms with E-state index in [1.165, 1.54) is 0 Å². The number of carbonyl (C=O) groups is 2. The fourth-order valence-electron chi connectivity index (χ4n) is 3.11. The normalized spacial score (nSPS) is 15.2. The number of hydrogen-bond donors (Lipinski definition) is 1. The van der Waals surface area contributed by atoms with Gasteiger partial charge in [0.15, 0.2) is 0 Å². The van der Waals surface area contributed by atoms with Gasteiger partial charge in [-0.3, -0.25) is 9.59 Å². The Balaban J connectivity index is 1.61. The van der Waals surface area contributed by atoms with Crippen molar-refractivity contribution in [2.24, 2.45) is 0 Å². The van der Waals surface area contributed by atoms with Crippen molar-refractivity contribution in [3.05, 3.63) is 59.4 Å². The van der Waals surface area contributed by atoms with Crippen LogP contribution < -0.4 is 0 Å². The lowest BCUT2D eigenvalue weighted by atomic mass is 10.1. The Hall–Kier alpha value is -2.56. The van der Waals surface area contributed by atoms with Gasteiger partial charge in [-0.05, 0) is 37.1 Å². The third kappa shape index (κ3) is 3.67. The first-order valence-electron chi connectivity index (χ1n) is 8.40. The summed E-state index contributed by atoms with van der Waals surface area (Å²) < 4.78 is 0. The summed E-state index contributed by atoms with van der Waals surface area (Å²) in [6.07, 6.45) is 3.03. The molecule has 0 unspecified atom stereocenters. The van der Waals surface area contributed by atoms with Gasteiger partial charge >= 0.3 is 0 Å². The molecule has 0 radical (unpaired) electrons. The smallest absolute Gasteiger partial charge is 0.254 e. The maximum atomic E-state index is 12.7. The Kier molecular flexibility index (Phi) is 4.99. The summed E-state index contributed by atoms with van der Waals surface area (Å²) in [7, 11) is 0. The third-order valence-corrected chi connectivity index (χ3v) is 4.52. The van der Waals surface area contributed by atoms with E-state index in [0.29, 0.717) is 32.6 Å². The SMILES string of the molecule is Cc1ccccc1C(=O)N1CCCN(C(=O)Cc2ccc[nH]2)CC1. The quantitative estimate of drug-likeness (QED) is 0.941. The lowest BCUT2D eigenvalue weighted by Gasteiger charge is -2.22. The first kappa shape index (κ1) is 16.3. The minimum absolute atomic E-state index is 0.0618. The van der Waals surface area contributed by atoms with Gasteiger partial charge in [-0.1, -0.05) is 18.2 Å². The van der Waals surface area contributed by atoms with Crippen LogP contribution in [0, 0.1) is 6.92 Å². The van der Waals surface area contributed by atoms with Crippen LogP contribution in [0.4, 0.5) is 0 Å². The number of aromatic nitrogens is 1. The largest absolute Gasteiger partial charge is 0.365 e. The molecule has 5 heteroatoms. The Morgan fingerprint density at radius 1 is 1.00 bits per heavy atom. The number of benzene rings is 1. The maximum absolute atomic E-state index is 12.7. The molecule has 2 heterocycles. The van der Waals surface area contributed by atoms with Gasteiger partial charge < -0.3 is 14.8 Å². The van der Waals surface area contributed by atoms with E-state index in [0.717, 1.165) is 23.2 Å². The summed E-state index contributed by atoms with van der Waals surface area (Å²) in [5, 5.41) is 0. The lowest BCUT2D eigenvalue weighted by Crippen LogP contribution is -2.38. The molecule has 0 aliphatic carbocycles. The second kappa shape index (κ2) is 7.34. The van der Waals surface area contributed by atoms with E-state index in [1.54, 1.807) is 0 Å². The minimum atomic E-state index is 0.0618. The summed E-state index contributed by atoms with van der Waals surface area (Å²) in [4.78, 5) is 31.9. The molecule has 1 fully saturated rings. The summed E-state index contributed by atoms with van der Waals surface area (Å²) in [6, 6.07) is 11.5. The van der Waals surface area contributed by atoms with E-state index in [2.05, 4.69) is 4.98 Å². The monoisotopic (exact) mass is 325 g/mol. The lowest BCUT2D eigenvalue weighted by molar-refractivity contribution is -0.130. The number of rotatable bonds is 3. The average molecular weight is 325 g/mol. The Labute approximate surface area is 142 Å². The standard InChI is InChI=1S/C19H23N3O2/c1-15-6-2-3-8-17(15)19(24)22-11-5-10-21(12-13-22)18(23)14-16-7-4-9-20-16/h2-4,6-9,20H,5,10-14H2,1H3. The molecule has 5 nitrogen and oxygen atoms in total. The zero-order valence-corrected chi connectivity index (χ0v) is 14.0. The fraction of sp³-hybridized carbons (Fsp3) is 0.368. The van der Waals surface area contributed by atoms with Gasteiger partial charge in [0, 0.05) is 43.6 Å². The van der Waals surface area contributed by atoms with Crippen LogP contribution in [0.5, 0.6) is 0 Å². The van der Waals surface area contributed by atoms with E-state index in [9.17, 15) is 9.59 Å². The molecular formula is C19H23N3O2. The van der Waals surface area contributed by atoms with Crippen molar-refractivity contribution in [1.82, 2.24) is 14.8 Å². The van der Waals surface area contributed by atoms with E-state index < -0.39 is 0 Å². The highest BCUT2D eigenvalue weighted by molar-refractivity contribution is 5.95. The summed E-state index contributed by atoms with van der Waals surface area (Å²) in [6.45, 7) is 4.54. The Bertz CT molecular complexity index is 709. The second-order valence-electron chi connectivity index (χ2n) is 6.21. The third-order valence-electron chi connectivity index (χ3n) is 4.52. The summed E-state index contributed by atoms with van der Waals surface area (Å²) >= 11 is 0. The number of nitrogens with one attached hydrogen (secondary N) is 1. The van der Waals surface area contributed by atoms with Gasteiger partial charge in [-0.2, -0.15) is 0 Å². The molecule has 3 rings (SSSR count). The maximum Gasteiger partial charge on any atom is 0.254 e. The van der Waals surface area contributed by atoms with Crippen molar-refractivity contribution in [1.29, 1.82) is 0 Å².